The summed E-state index contributed by atoms with van der Waals surface area (Å²) < 4.78 is 19.9. The van der Waals surface area contributed by atoms with Gasteiger partial charge in [-0.25, -0.2) is 4.98 Å². The minimum atomic E-state index is -0.351. The number of aromatic nitrogens is 2. The van der Waals surface area contributed by atoms with E-state index in [-0.39, 0.29) is 18.0 Å². The van der Waals surface area contributed by atoms with Gasteiger partial charge < -0.3 is 13.9 Å². The first-order chi connectivity index (χ1) is 20.9. The van der Waals surface area contributed by atoms with Gasteiger partial charge in [-0.1, -0.05) is 41.9 Å². The molecule has 4 aromatic carbocycles. The summed E-state index contributed by atoms with van der Waals surface area (Å²) in [7, 11) is 0. The summed E-state index contributed by atoms with van der Waals surface area (Å²) in [6.07, 6.45) is 1.54. The number of benzene rings is 4. The monoisotopic (exact) mass is 652 g/mol. The Morgan fingerprint density at radius 3 is 2.72 bits per heavy atom. The number of hydrogen-bond donors (Lipinski definition) is 0. The minimum Gasteiger partial charge on any atom is -0.490 e. The van der Waals surface area contributed by atoms with Crippen LogP contribution in [0.5, 0.6) is 11.5 Å². The number of halogens is 2. The Bertz CT molecular complexity index is 2130. The van der Waals surface area contributed by atoms with E-state index in [2.05, 4.69) is 27.1 Å². The Labute approximate surface area is 259 Å². The molecule has 0 fully saturated rings. The molecular weight excluding hydrogens is 632 g/mol. The molecule has 0 aliphatic heterocycles. The Morgan fingerprint density at radius 1 is 1.07 bits per heavy atom. The largest absolute Gasteiger partial charge is 0.490 e. The smallest absolute Gasteiger partial charge is 0.282 e. The molecule has 6 rings (SSSR count). The van der Waals surface area contributed by atoms with Gasteiger partial charge in [-0.15, -0.1) is 0 Å². The molecule has 2 aromatic heterocycles. The molecule has 43 heavy (non-hydrogen) atoms. The maximum atomic E-state index is 13.6. The normalized spacial score (nSPS) is 11.3. The predicted octanol–water partition coefficient (Wildman–Crippen LogP) is 7.96. The molecule has 0 aliphatic carbocycles. The van der Waals surface area contributed by atoms with Crippen molar-refractivity contribution in [1.29, 1.82) is 5.26 Å². The van der Waals surface area contributed by atoms with Gasteiger partial charge in [0.05, 0.1) is 39.8 Å². The van der Waals surface area contributed by atoms with Crippen LogP contribution in [0.2, 0.25) is 5.02 Å². The summed E-state index contributed by atoms with van der Waals surface area (Å²) in [5.74, 6) is 1.58. The lowest BCUT2D eigenvalue weighted by molar-refractivity contribution is 0.267. The van der Waals surface area contributed by atoms with Crippen LogP contribution in [-0.2, 0) is 6.61 Å². The van der Waals surface area contributed by atoms with Crippen molar-refractivity contribution in [2.75, 3.05) is 6.61 Å². The number of nitrogens with zero attached hydrogens (tertiary/aromatic N) is 4. The molecule has 6 aromatic rings. The van der Waals surface area contributed by atoms with Crippen LogP contribution in [0.15, 0.2) is 104 Å². The SMILES string of the molecule is CCOc1cc(C=Nn2c(-c3cc4cc(Cl)ccc4o3)nc3ccccc3c2=O)cc(Br)c1OCc1ccccc1C#N. The second-order valence-corrected chi connectivity index (χ2v) is 10.7. The van der Waals surface area contributed by atoms with Crippen molar-refractivity contribution < 1.29 is 13.9 Å². The summed E-state index contributed by atoms with van der Waals surface area (Å²) in [5.41, 5.74) is 2.72. The Balaban J connectivity index is 1.40. The predicted molar refractivity (Wildman–Crippen MR) is 170 cm³/mol. The van der Waals surface area contributed by atoms with Gasteiger partial charge in [-0.3, -0.25) is 4.79 Å². The average Bonchev–Trinajstić information content (AvgIpc) is 3.43. The van der Waals surface area contributed by atoms with E-state index in [1.165, 1.54) is 4.68 Å². The van der Waals surface area contributed by atoms with Gasteiger partial charge in [0.1, 0.15) is 12.2 Å². The van der Waals surface area contributed by atoms with E-state index in [9.17, 15) is 10.1 Å². The highest BCUT2D eigenvalue weighted by atomic mass is 79.9. The van der Waals surface area contributed by atoms with E-state index < -0.39 is 0 Å². The van der Waals surface area contributed by atoms with Crippen LogP contribution in [0.3, 0.4) is 0 Å². The van der Waals surface area contributed by atoms with Crippen LogP contribution in [0.1, 0.15) is 23.6 Å². The summed E-state index contributed by atoms with van der Waals surface area (Å²) in [5, 5.41) is 15.7. The fraction of sp³-hybridized carbons (Fsp3) is 0.0909. The summed E-state index contributed by atoms with van der Waals surface area (Å²) in [4.78, 5) is 18.4. The van der Waals surface area contributed by atoms with E-state index in [1.807, 2.05) is 31.2 Å². The number of para-hydroxylation sites is 1. The quantitative estimate of drug-likeness (QED) is 0.155. The molecule has 0 amide bonds. The number of hydrogen-bond acceptors (Lipinski definition) is 7. The first-order valence-electron chi connectivity index (χ1n) is 13.3. The van der Waals surface area contributed by atoms with Crippen LogP contribution in [0.4, 0.5) is 0 Å². The highest BCUT2D eigenvalue weighted by molar-refractivity contribution is 9.10. The second-order valence-electron chi connectivity index (χ2n) is 9.43. The molecule has 0 saturated heterocycles. The molecule has 0 atom stereocenters. The summed E-state index contributed by atoms with van der Waals surface area (Å²) in [6.45, 7) is 2.45. The molecule has 0 unspecified atom stereocenters. The first kappa shape index (κ1) is 28.2. The lowest BCUT2D eigenvalue weighted by Gasteiger charge is -2.15. The number of nitriles is 1. The van der Waals surface area contributed by atoms with Crippen molar-refractivity contribution in [3.05, 3.63) is 121 Å². The summed E-state index contributed by atoms with van der Waals surface area (Å²) >= 11 is 9.77. The van der Waals surface area contributed by atoms with Gasteiger partial charge in [0.2, 0.25) is 5.82 Å². The fourth-order valence-electron chi connectivity index (χ4n) is 4.61. The first-order valence-corrected chi connectivity index (χ1v) is 14.4. The van der Waals surface area contributed by atoms with Crippen molar-refractivity contribution in [2.45, 2.75) is 13.5 Å². The standard InChI is InChI=1S/C33H22BrClN4O4/c1-2-41-29-14-20(13-26(34)31(29)42-19-22-8-4-3-7-21(22)17-36)18-37-39-32(38-27-10-6-5-9-25(27)33(39)40)30-16-23-15-24(35)11-12-28(23)43-30/h3-16,18H,2,19H2,1H3. The number of rotatable bonds is 8. The zero-order valence-electron chi connectivity index (χ0n) is 22.8. The van der Waals surface area contributed by atoms with Gasteiger partial charge in [0.15, 0.2) is 17.3 Å². The molecule has 0 aliphatic rings. The molecule has 8 nitrogen and oxygen atoms in total. The third-order valence-electron chi connectivity index (χ3n) is 6.62. The van der Waals surface area contributed by atoms with Crippen molar-refractivity contribution in [2.24, 2.45) is 5.10 Å². The minimum absolute atomic E-state index is 0.181. The fourth-order valence-corrected chi connectivity index (χ4v) is 5.36. The van der Waals surface area contributed by atoms with Gasteiger partial charge in [-0.05, 0) is 83.0 Å². The Kier molecular flexibility index (Phi) is 7.97. The van der Waals surface area contributed by atoms with Gasteiger partial charge in [0.25, 0.3) is 5.56 Å². The molecule has 10 heteroatoms. The van der Waals surface area contributed by atoms with Gasteiger partial charge in [-0.2, -0.15) is 15.0 Å². The van der Waals surface area contributed by atoms with Crippen LogP contribution < -0.4 is 15.0 Å². The van der Waals surface area contributed by atoms with E-state index >= 15 is 0 Å². The Morgan fingerprint density at radius 2 is 1.88 bits per heavy atom. The molecule has 212 valence electrons. The maximum absolute atomic E-state index is 13.6. The van der Waals surface area contributed by atoms with Crippen molar-refractivity contribution in [3.8, 4) is 29.2 Å². The topological polar surface area (TPSA) is 103 Å². The molecule has 2 heterocycles. The van der Waals surface area contributed by atoms with E-state index in [0.717, 1.165) is 10.9 Å². The lowest BCUT2D eigenvalue weighted by Crippen LogP contribution is -2.20. The highest BCUT2D eigenvalue weighted by Gasteiger charge is 2.18. The zero-order chi connectivity index (χ0) is 29.9. The van der Waals surface area contributed by atoms with Crippen LogP contribution in [0, 0.1) is 11.3 Å². The third-order valence-corrected chi connectivity index (χ3v) is 7.44. The van der Waals surface area contributed by atoms with E-state index in [1.54, 1.807) is 66.9 Å². The van der Waals surface area contributed by atoms with E-state index in [4.69, 9.17) is 30.5 Å². The number of fused-ring (bicyclic) bond motifs is 2. The maximum Gasteiger partial charge on any atom is 0.282 e. The summed E-state index contributed by atoms with van der Waals surface area (Å²) in [6, 6.07) is 27.2. The molecule has 0 saturated carbocycles. The molecule has 0 radical (unpaired) electrons. The average molecular weight is 654 g/mol. The van der Waals surface area contributed by atoms with Crippen LogP contribution >= 0.6 is 27.5 Å². The van der Waals surface area contributed by atoms with Gasteiger partial charge >= 0.3 is 0 Å². The number of furan rings is 1. The third kappa shape index (κ3) is 5.75. The zero-order valence-corrected chi connectivity index (χ0v) is 25.1. The highest BCUT2D eigenvalue weighted by Crippen LogP contribution is 2.37. The second kappa shape index (κ2) is 12.1. The molecule has 0 bridgehead atoms. The van der Waals surface area contributed by atoms with Crippen molar-refractivity contribution in [3.63, 3.8) is 0 Å². The van der Waals surface area contributed by atoms with Crippen LogP contribution in [-0.4, -0.2) is 22.5 Å². The molecule has 0 spiro atoms. The Hall–Kier alpha value is -4.91. The molecular formula is C33H22BrClN4O4. The van der Waals surface area contributed by atoms with E-state index in [0.29, 0.717) is 61.0 Å². The van der Waals surface area contributed by atoms with Crippen molar-refractivity contribution in [1.82, 2.24) is 9.66 Å². The van der Waals surface area contributed by atoms with Gasteiger partial charge in [0, 0.05) is 16.0 Å². The van der Waals surface area contributed by atoms with Crippen LogP contribution in [0.25, 0.3) is 33.5 Å². The lowest BCUT2D eigenvalue weighted by atomic mass is 10.1. The number of ether oxygens (including phenoxy) is 2. The van der Waals surface area contributed by atoms with Crippen molar-refractivity contribution >= 4 is 55.6 Å². The molecule has 0 N–H and O–H groups in total.